The van der Waals surface area contributed by atoms with Gasteiger partial charge in [0.2, 0.25) is 0 Å². The van der Waals surface area contributed by atoms with Gasteiger partial charge in [-0.15, -0.1) is 0 Å². The van der Waals surface area contributed by atoms with Gasteiger partial charge in [0.15, 0.2) is 5.78 Å². The Bertz CT molecular complexity index is 793. The number of likely N-dealkylation sites (tertiary alicyclic amines) is 1. The first-order valence-electron chi connectivity index (χ1n) is 10.1. The number of ketones is 2. The molecule has 0 N–H and O–H groups in total. The average molecular weight is 381 g/mol. The van der Waals surface area contributed by atoms with Gasteiger partial charge in [0.25, 0.3) is 0 Å². The zero-order valence-electron chi connectivity index (χ0n) is 16.5. The van der Waals surface area contributed by atoms with Gasteiger partial charge in [0.1, 0.15) is 11.6 Å². The Morgan fingerprint density at radius 1 is 1.00 bits per heavy atom. The third-order valence-electron chi connectivity index (χ3n) is 5.94. The number of halogens is 1. The van der Waals surface area contributed by atoms with Crippen molar-refractivity contribution in [1.29, 1.82) is 0 Å². The summed E-state index contributed by atoms with van der Waals surface area (Å²) in [4.78, 5) is 27.4. The van der Waals surface area contributed by atoms with Gasteiger partial charge in [-0.1, -0.05) is 37.3 Å². The van der Waals surface area contributed by atoms with Crippen LogP contribution in [0.25, 0.3) is 0 Å². The number of hydrogen-bond donors (Lipinski definition) is 0. The summed E-state index contributed by atoms with van der Waals surface area (Å²) < 4.78 is 13.0. The van der Waals surface area contributed by atoms with E-state index < -0.39 is 0 Å². The highest BCUT2D eigenvalue weighted by Gasteiger charge is 2.41. The topological polar surface area (TPSA) is 37.4 Å². The van der Waals surface area contributed by atoms with Crippen LogP contribution in [0.4, 0.5) is 4.39 Å². The quantitative estimate of drug-likeness (QED) is 0.616. The molecule has 1 saturated heterocycles. The van der Waals surface area contributed by atoms with Crippen molar-refractivity contribution in [2.24, 2.45) is 0 Å². The van der Waals surface area contributed by atoms with Crippen molar-refractivity contribution in [2.75, 3.05) is 19.6 Å². The summed E-state index contributed by atoms with van der Waals surface area (Å²) in [6.07, 6.45) is 3.45. The number of benzene rings is 2. The van der Waals surface area contributed by atoms with Crippen LogP contribution in [-0.4, -0.2) is 36.1 Å². The van der Waals surface area contributed by atoms with Crippen molar-refractivity contribution in [2.45, 2.75) is 44.4 Å². The van der Waals surface area contributed by atoms with Gasteiger partial charge in [0, 0.05) is 18.4 Å². The lowest BCUT2D eigenvalue weighted by atomic mass is 9.69. The van der Waals surface area contributed by atoms with Gasteiger partial charge in [-0.2, -0.15) is 0 Å². The lowest BCUT2D eigenvalue weighted by Crippen LogP contribution is -2.47. The maximum Gasteiger partial charge on any atom is 0.162 e. The highest BCUT2D eigenvalue weighted by Crippen LogP contribution is 2.37. The minimum Gasteiger partial charge on any atom is -0.303 e. The molecular weight excluding hydrogens is 353 g/mol. The lowest BCUT2D eigenvalue weighted by Gasteiger charge is -2.41. The highest BCUT2D eigenvalue weighted by molar-refractivity contribution is 5.96. The second-order valence-corrected chi connectivity index (χ2v) is 7.60. The van der Waals surface area contributed by atoms with Crippen LogP contribution in [-0.2, 0) is 10.2 Å². The van der Waals surface area contributed by atoms with Gasteiger partial charge in [-0.05, 0) is 68.7 Å². The van der Waals surface area contributed by atoms with Crippen LogP contribution in [0, 0.1) is 5.82 Å². The maximum atomic E-state index is 13.0. The van der Waals surface area contributed by atoms with Crippen LogP contribution in [0.2, 0.25) is 0 Å². The Morgan fingerprint density at radius 2 is 1.64 bits per heavy atom. The van der Waals surface area contributed by atoms with E-state index in [4.69, 9.17) is 0 Å². The van der Waals surface area contributed by atoms with E-state index in [-0.39, 0.29) is 17.0 Å². The molecular formula is C24H28FNO2. The molecule has 0 atom stereocenters. The molecule has 0 aromatic heterocycles. The molecule has 1 aliphatic heterocycles. The molecule has 0 saturated carbocycles. The fourth-order valence-electron chi connectivity index (χ4n) is 4.23. The summed E-state index contributed by atoms with van der Waals surface area (Å²) >= 11 is 0. The second-order valence-electron chi connectivity index (χ2n) is 7.60. The number of carbonyl (C=O) groups excluding carboxylic acids is 2. The largest absolute Gasteiger partial charge is 0.303 e. The summed E-state index contributed by atoms with van der Waals surface area (Å²) in [5.74, 6) is 0.0510. The van der Waals surface area contributed by atoms with Crippen LogP contribution < -0.4 is 0 Å². The minimum atomic E-state index is -0.365. The Kier molecular flexibility index (Phi) is 6.74. The maximum absolute atomic E-state index is 13.0. The highest BCUT2D eigenvalue weighted by atomic mass is 19.1. The summed E-state index contributed by atoms with van der Waals surface area (Å²) in [5, 5.41) is 0. The van der Waals surface area contributed by atoms with E-state index in [2.05, 4.69) is 17.0 Å². The van der Waals surface area contributed by atoms with Gasteiger partial charge in [-0.25, -0.2) is 4.39 Å². The van der Waals surface area contributed by atoms with Crippen molar-refractivity contribution >= 4 is 11.6 Å². The molecule has 0 amide bonds. The van der Waals surface area contributed by atoms with Gasteiger partial charge < -0.3 is 4.90 Å². The predicted octanol–water partition coefficient (Wildman–Crippen LogP) is 4.80. The molecule has 148 valence electrons. The summed E-state index contributed by atoms with van der Waals surface area (Å²) in [6.45, 7) is 4.52. The Labute approximate surface area is 166 Å². The number of nitrogens with zero attached hydrogens (tertiary/aromatic N) is 1. The van der Waals surface area contributed by atoms with Crippen molar-refractivity contribution in [3.8, 4) is 0 Å². The van der Waals surface area contributed by atoms with E-state index in [0.717, 1.165) is 44.5 Å². The molecule has 2 aromatic carbocycles. The van der Waals surface area contributed by atoms with Crippen LogP contribution >= 0.6 is 0 Å². The summed E-state index contributed by atoms with van der Waals surface area (Å²) in [6, 6.07) is 15.9. The van der Waals surface area contributed by atoms with Gasteiger partial charge >= 0.3 is 0 Å². The van der Waals surface area contributed by atoms with Crippen LogP contribution in [0.15, 0.2) is 54.6 Å². The Balaban J connectivity index is 1.53. The molecule has 0 radical (unpaired) electrons. The van der Waals surface area contributed by atoms with Crippen LogP contribution in [0.3, 0.4) is 0 Å². The Morgan fingerprint density at radius 3 is 2.25 bits per heavy atom. The van der Waals surface area contributed by atoms with Crippen molar-refractivity contribution in [3.05, 3.63) is 71.5 Å². The van der Waals surface area contributed by atoms with Gasteiger partial charge in [0.05, 0.1) is 5.41 Å². The molecule has 28 heavy (non-hydrogen) atoms. The second kappa shape index (κ2) is 9.24. The number of Topliss-reactive ketones (excluding diaryl/α,β-unsaturated/α-hetero) is 2. The first kappa shape index (κ1) is 20.4. The Hall–Kier alpha value is -2.33. The molecule has 2 aromatic rings. The van der Waals surface area contributed by atoms with E-state index >= 15 is 0 Å². The zero-order valence-corrected chi connectivity index (χ0v) is 16.5. The summed E-state index contributed by atoms with van der Waals surface area (Å²) in [7, 11) is 0. The molecule has 0 bridgehead atoms. The molecule has 1 fully saturated rings. The van der Waals surface area contributed by atoms with Crippen molar-refractivity contribution < 1.29 is 14.0 Å². The normalized spacial score (nSPS) is 16.6. The number of piperidine rings is 1. The predicted molar refractivity (Wildman–Crippen MR) is 109 cm³/mol. The van der Waals surface area contributed by atoms with Crippen molar-refractivity contribution in [1.82, 2.24) is 4.90 Å². The molecule has 4 heteroatoms. The lowest BCUT2D eigenvalue weighted by molar-refractivity contribution is -0.126. The van der Waals surface area contributed by atoms with E-state index in [1.807, 2.05) is 25.1 Å². The molecule has 3 nitrogen and oxygen atoms in total. The molecule has 1 heterocycles. The smallest absolute Gasteiger partial charge is 0.162 e. The van der Waals surface area contributed by atoms with Gasteiger partial charge in [-0.3, -0.25) is 9.59 Å². The zero-order chi connectivity index (χ0) is 20.0. The molecule has 1 aliphatic rings. The third kappa shape index (κ3) is 4.56. The molecule has 0 spiro atoms. The number of carbonyl (C=O) groups is 2. The fraction of sp³-hybridized carbons (Fsp3) is 0.417. The standard InChI is InChI=1S/C24H28FNO2/c1-2-23(28)24(20-7-4-3-5-8-20)14-17-26(18-15-24)16-6-9-22(27)19-10-12-21(25)13-11-19/h3-5,7-8,10-13H,2,6,9,14-18H2,1H3. The van der Waals surface area contributed by atoms with E-state index in [1.54, 1.807) is 12.1 Å². The first-order valence-corrected chi connectivity index (χ1v) is 10.1. The number of hydrogen-bond acceptors (Lipinski definition) is 3. The van der Waals surface area contributed by atoms with Crippen molar-refractivity contribution in [3.63, 3.8) is 0 Å². The van der Waals surface area contributed by atoms with E-state index in [0.29, 0.717) is 24.2 Å². The molecule has 0 aliphatic carbocycles. The summed E-state index contributed by atoms with van der Waals surface area (Å²) in [5.41, 5.74) is 1.33. The number of rotatable bonds is 8. The average Bonchev–Trinajstić information content (AvgIpc) is 2.74. The monoisotopic (exact) mass is 381 g/mol. The molecule has 3 rings (SSSR count). The first-order chi connectivity index (χ1) is 13.5. The van der Waals surface area contributed by atoms with Crippen LogP contribution in [0.1, 0.15) is 54.9 Å². The molecule has 0 unspecified atom stereocenters. The van der Waals surface area contributed by atoms with Crippen LogP contribution in [0.5, 0.6) is 0 Å². The van der Waals surface area contributed by atoms with E-state index in [9.17, 15) is 14.0 Å². The third-order valence-corrected chi connectivity index (χ3v) is 5.94. The SMILES string of the molecule is CCC(=O)C1(c2ccccc2)CCN(CCCC(=O)c2ccc(F)cc2)CC1. The fourth-order valence-corrected chi connectivity index (χ4v) is 4.23. The van der Waals surface area contributed by atoms with E-state index in [1.165, 1.54) is 12.1 Å². The minimum absolute atomic E-state index is 0.0526.